The second-order valence-corrected chi connectivity index (χ2v) is 5.18. The van der Waals surface area contributed by atoms with Crippen LogP contribution in [0.5, 0.6) is 0 Å². The van der Waals surface area contributed by atoms with Gasteiger partial charge in [-0.15, -0.1) is 0 Å². The van der Waals surface area contributed by atoms with Gasteiger partial charge in [0, 0.05) is 24.8 Å². The molecule has 1 aliphatic heterocycles. The third-order valence-corrected chi connectivity index (χ3v) is 3.77. The van der Waals surface area contributed by atoms with Gasteiger partial charge < -0.3 is 10.6 Å². The molecule has 1 aliphatic rings. The summed E-state index contributed by atoms with van der Waals surface area (Å²) < 4.78 is 13.2. The van der Waals surface area contributed by atoms with Crippen molar-refractivity contribution < 1.29 is 14.0 Å². The standard InChI is InChI=1S/C16H14FN3O2/c17-12-6-11(7-19-8-12)16(22)20-5-4-13-10(9-20)2-1-3-14(13)15(18)21/h1-3,6-8H,4-5,9H2,(H2,18,21). The number of rotatable bonds is 2. The van der Waals surface area contributed by atoms with Gasteiger partial charge in [0.2, 0.25) is 5.91 Å². The van der Waals surface area contributed by atoms with Crippen LogP contribution in [0, 0.1) is 5.82 Å². The molecule has 112 valence electrons. The molecular weight excluding hydrogens is 285 g/mol. The molecule has 3 rings (SSSR count). The number of fused-ring (bicyclic) bond motifs is 1. The molecule has 0 aliphatic carbocycles. The Morgan fingerprint density at radius 3 is 2.82 bits per heavy atom. The number of amides is 2. The van der Waals surface area contributed by atoms with E-state index in [0.29, 0.717) is 25.1 Å². The van der Waals surface area contributed by atoms with Gasteiger partial charge in [-0.3, -0.25) is 14.6 Å². The van der Waals surface area contributed by atoms with Crippen LogP contribution in [0.25, 0.3) is 0 Å². The third kappa shape index (κ3) is 2.55. The van der Waals surface area contributed by atoms with Gasteiger partial charge in [0.25, 0.3) is 5.91 Å². The number of pyridine rings is 1. The number of halogens is 1. The summed E-state index contributed by atoms with van der Waals surface area (Å²) in [5, 5.41) is 0. The molecule has 0 spiro atoms. The summed E-state index contributed by atoms with van der Waals surface area (Å²) >= 11 is 0. The van der Waals surface area contributed by atoms with Crippen LogP contribution in [-0.2, 0) is 13.0 Å². The summed E-state index contributed by atoms with van der Waals surface area (Å²) in [5.41, 5.74) is 7.86. The normalized spacial score (nSPS) is 13.6. The van der Waals surface area contributed by atoms with Crippen molar-refractivity contribution in [2.75, 3.05) is 6.54 Å². The number of nitrogens with zero attached hydrogens (tertiary/aromatic N) is 2. The van der Waals surface area contributed by atoms with E-state index in [9.17, 15) is 14.0 Å². The summed E-state index contributed by atoms with van der Waals surface area (Å²) in [6.45, 7) is 0.818. The molecule has 2 amide bonds. The first-order valence-electron chi connectivity index (χ1n) is 6.86. The quantitative estimate of drug-likeness (QED) is 0.913. The van der Waals surface area contributed by atoms with Crippen LogP contribution in [0.15, 0.2) is 36.7 Å². The van der Waals surface area contributed by atoms with E-state index < -0.39 is 11.7 Å². The zero-order valence-corrected chi connectivity index (χ0v) is 11.8. The highest BCUT2D eigenvalue weighted by Gasteiger charge is 2.24. The topological polar surface area (TPSA) is 76.3 Å². The molecule has 0 atom stereocenters. The number of hydrogen-bond acceptors (Lipinski definition) is 3. The maximum Gasteiger partial charge on any atom is 0.255 e. The fourth-order valence-corrected chi connectivity index (χ4v) is 2.73. The van der Waals surface area contributed by atoms with Gasteiger partial charge in [-0.1, -0.05) is 12.1 Å². The van der Waals surface area contributed by atoms with Crippen molar-refractivity contribution in [3.63, 3.8) is 0 Å². The van der Waals surface area contributed by atoms with E-state index in [1.54, 1.807) is 17.0 Å². The average Bonchev–Trinajstić information content (AvgIpc) is 2.53. The smallest absolute Gasteiger partial charge is 0.255 e. The molecular formula is C16H14FN3O2. The predicted octanol–water partition coefficient (Wildman–Crippen LogP) is 1.52. The molecule has 2 N–H and O–H groups in total. The van der Waals surface area contributed by atoms with Crippen molar-refractivity contribution >= 4 is 11.8 Å². The van der Waals surface area contributed by atoms with Crippen molar-refractivity contribution in [3.05, 3.63) is 64.7 Å². The number of primary amides is 1. The Kier molecular flexibility index (Phi) is 3.58. The summed E-state index contributed by atoms with van der Waals surface area (Å²) in [6, 6.07) is 6.47. The Morgan fingerprint density at radius 2 is 2.09 bits per heavy atom. The number of hydrogen-bond donors (Lipinski definition) is 1. The van der Waals surface area contributed by atoms with Crippen molar-refractivity contribution in [1.82, 2.24) is 9.88 Å². The largest absolute Gasteiger partial charge is 0.366 e. The maximum atomic E-state index is 13.2. The monoisotopic (exact) mass is 299 g/mol. The minimum atomic E-state index is -0.542. The number of carbonyl (C=O) groups is 2. The summed E-state index contributed by atoms with van der Waals surface area (Å²) in [5.74, 6) is -1.28. The van der Waals surface area contributed by atoms with Gasteiger partial charge in [-0.25, -0.2) is 4.39 Å². The third-order valence-electron chi connectivity index (χ3n) is 3.77. The lowest BCUT2D eigenvalue weighted by Crippen LogP contribution is -2.37. The molecule has 1 aromatic heterocycles. The lowest BCUT2D eigenvalue weighted by atomic mass is 9.94. The molecule has 2 heterocycles. The maximum absolute atomic E-state index is 13.2. The van der Waals surface area contributed by atoms with Gasteiger partial charge in [-0.2, -0.15) is 0 Å². The fraction of sp³-hybridized carbons (Fsp3) is 0.188. The highest BCUT2D eigenvalue weighted by atomic mass is 19.1. The van der Waals surface area contributed by atoms with E-state index in [2.05, 4.69) is 4.98 Å². The van der Waals surface area contributed by atoms with Crippen LogP contribution in [0.4, 0.5) is 4.39 Å². The van der Waals surface area contributed by atoms with Crippen LogP contribution in [0.1, 0.15) is 31.8 Å². The molecule has 0 fully saturated rings. The Morgan fingerprint density at radius 1 is 1.27 bits per heavy atom. The molecule has 0 saturated heterocycles. The lowest BCUT2D eigenvalue weighted by molar-refractivity contribution is 0.0733. The molecule has 0 radical (unpaired) electrons. The van der Waals surface area contributed by atoms with E-state index in [0.717, 1.165) is 17.3 Å². The molecule has 0 bridgehead atoms. The van der Waals surface area contributed by atoms with Crippen molar-refractivity contribution in [1.29, 1.82) is 0 Å². The average molecular weight is 299 g/mol. The zero-order valence-electron chi connectivity index (χ0n) is 11.8. The van der Waals surface area contributed by atoms with Gasteiger partial charge in [-0.05, 0) is 29.7 Å². The summed E-state index contributed by atoms with van der Waals surface area (Å²) in [6.07, 6.45) is 2.95. The van der Waals surface area contributed by atoms with E-state index in [-0.39, 0.29) is 11.5 Å². The van der Waals surface area contributed by atoms with Crippen LogP contribution < -0.4 is 5.73 Å². The van der Waals surface area contributed by atoms with Gasteiger partial charge in [0.15, 0.2) is 0 Å². The Bertz CT molecular complexity index is 761. The summed E-state index contributed by atoms with van der Waals surface area (Å²) in [4.78, 5) is 29.2. The zero-order chi connectivity index (χ0) is 15.7. The second-order valence-electron chi connectivity index (χ2n) is 5.18. The highest BCUT2D eigenvalue weighted by molar-refractivity contribution is 5.96. The Labute approximate surface area is 126 Å². The Hall–Kier alpha value is -2.76. The minimum absolute atomic E-state index is 0.217. The van der Waals surface area contributed by atoms with Crippen LogP contribution in [-0.4, -0.2) is 28.2 Å². The number of aromatic nitrogens is 1. The van der Waals surface area contributed by atoms with Gasteiger partial charge >= 0.3 is 0 Å². The van der Waals surface area contributed by atoms with E-state index in [1.807, 2.05) is 6.07 Å². The molecule has 1 aromatic carbocycles. The first-order chi connectivity index (χ1) is 10.6. The van der Waals surface area contributed by atoms with Gasteiger partial charge in [0.05, 0.1) is 11.8 Å². The second kappa shape index (κ2) is 5.55. The van der Waals surface area contributed by atoms with Crippen molar-refractivity contribution in [3.8, 4) is 0 Å². The van der Waals surface area contributed by atoms with Crippen molar-refractivity contribution in [2.24, 2.45) is 5.73 Å². The highest BCUT2D eigenvalue weighted by Crippen LogP contribution is 2.23. The van der Waals surface area contributed by atoms with E-state index >= 15 is 0 Å². The number of benzene rings is 1. The molecule has 0 unspecified atom stereocenters. The molecule has 6 heteroatoms. The minimum Gasteiger partial charge on any atom is -0.366 e. The number of nitrogens with two attached hydrogens (primary N) is 1. The summed E-state index contributed by atoms with van der Waals surface area (Å²) in [7, 11) is 0. The van der Waals surface area contributed by atoms with Crippen LogP contribution >= 0.6 is 0 Å². The first-order valence-corrected chi connectivity index (χ1v) is 6.86. The van der Waals surface area contributed by atoms with Gasteiger partial charge in [0.1, 0.15) is 5.82 Å². The van der Waals surface area contributed by atoms with Crippen LogP contribution in [0.2, 0.25) is 0 Å². The fourth-order valence-electron chi connectivity index (χ4n) is 2.73. The lowest BCUT2D eigenvalue weighted by Gasteiger charge is -2.29. The first kappa shape index (κ1) is 14.2. The molecule has 5 nitrogen and oxygen atoms in total. The van der Waals surface area contributed by atoms with Crippen LogP contribution in [0.3, 0.4) is 0 Å². The Balaban J connectivity index is 1.87. The van der Waals surface area contributed by atoms with Crippen molar-refractivity contribution in [2.45, 2.75) is 13.0 Å². The predicted molar refractivity (Wildman–Crippen MR) is 77.6 cm³/mol. The SMILES string of the molecule is NC(=O)c1cccc2c1CCN(C(=O)c1cncc(F)c1)C2. The van der Waals surface area contributed by atoms with E-state index in [1.165, 1.54) is 12.3 Å². The number of carbonyl (C=O) groups excluding carboxylic acids is 2. The van der Waals surface area contributed by atoms with E-state index in [4.69, 9.17) is 5.73 Å². The molecule has 22 heavy (non-hydrogen) atoms. The molecule has 2 aromatic rings. The molecule has 0 saturated carbocycles.